The van der Waals surface area contributed by atoms with Crippen LogP contribution in [0.2, 0.25) is 0 Å². The molecule has 9 rings (SSSR count). The minimum atomic E-state index is 0.686. The van der Waals surface area contributed by atoms with Crippen LogP contribution in [0.4, 0.5) is 0 Å². The van der Waals surface area contributed by atoms with Crippen molar-refractivity contribution >= 4 is 0 Å². The van der Waals surface area contributed by atoms with E-state index in [1.54, 1.807) is 0 Å². The van der Waals surface area contributed by atoms with Crippen molar-refractivity contribution in [3.05, 3.63) is 212 Å². The summed E-state index contributed by atoms with van der Waals surface area (Å²) in [5.74, 6) is 0.686. The van der Waals surface area contributed by atoms with E-state index in [1.165, 1.54) is 16.7 Å². The van der Waals surface area contributed by atoms with E-state index in [4.69, 9.17) is 15.0 Å². The molecule has 0 saturated carbocycles. The van der Waals surface area contributed by atoms with E-state index in [9.17, 15) is 0 Å². The highest BCUT2D eigenvalue weighted by Gasteiger charge is 2.15. The Balaban J connectivity index is 1.11. The van der Waals surface area contributed by atoms with Gasteiger partial charge in [0, 0.05) is 33.4 Å². The standard InChI is InChI=1S/C51H35N3/c1-5-13-36(14-6-1)38-21-27-42(28-22-38)48-35-49(54-51(53-48)45-31-23-39(24-32-45)37-15-7-2-8-16-37)43-29-25-40(26-30-43)46-33-34-47(41-17-9-3-10-18-41)52-50(46)44-19-11-4-12-20-44/h1-35H. The van der Waals surface area contributed by atoms with Crippen molar-refractivity contribution in [2.45, 2.75) is 0 Å². The van der Waals surface area contributed by atoms with Gasteiger partial charge in [-0.1, -0.05) is 200 Å². The summed E-state index contributed by atoms with van der Waals surface area (Å²) in [6, 6.07) is 73.8. The molecule has 2 aromatic heterocycles. The summed E-state index contributed by atoms with van der Waals surface area (Å²) in [4.78, 5) is 15.5. The molecule has 0 atom stereocenters. The average Bonchev–Trinajstić information content (AvgIpc) is 3.27. The third-order valence-corrected chi connectivity index (χ3v) is 9.77. The molecule has 0 N–H and O–H groups in total. The zero-order chi connectivity index (χ0) is 36.1. The molecule has 0 aliphatic heterocycles. The van der Waals surface area contributed by atoms with Crippen molar-refractivity contribution in [3.8, 4) is 89.8 Å². The molecule has 0 aliphatic rings. The molecule has 0 saturated heterocycles. The van der Waals surface area contributed by atoms with Crippen LogP contribution >= 0.6 is 0 Å². The van der Waals surface area contributed by atoms with Crippen LogP contribution in [-0.4, -0.2) is 15.0 Å². The number of benzene rings is 7. The summed E-state index contributed by atoms with van der Waals surface area (Å²) in [7, 11) is 0. The number of pyridine rings is 1. The zero-order valence-corrected chi connectivity index (χ0v) is 29.5. The molecule has 54 heavy (non-hydrogen) atoms. The van der Waals surface area contributed by atoms with Gasteiger partial charge in [-0.25, -0.2) is 15.0 Å². The molecule has 3 nitrogen and oxygen atoms in total. The molecule has 0 aliphatic carbocycles. The van der Waals surface area contributed by atoms with E-state index < -0.39 is 0 Å². The van der Waals surface area contributed by atoms with Crippen LogP contribution in [0, 0.1) is 0 Å². The lowest BCUT2D eigenvalue weighted by Crippen LogP contribution is -1.96. The third kappa shape index (κ3) is 6.87. The van der Waals surface area contributed by atoms with Crippen LogP contribution in [0.3, 0.4) is 0 Å². The summed E-state index contributed by atoms with van der Waals surface area (Å²) >= 11 is 0. The molecular formula is C51H35N3. The minimum Gasteiger partial charge on any atom is -0.247 e. The van der Waals surface area contributed by atoms with Crippen LogP contribution in [-0.2, 0) is 0 Å². The third-order valence-electron chi connectivity index (χ3n) is 9.77. The van der Waals surface area contributed by atoms with Gasteiger partial charge in [-0.15, -0.1) is 0 Å². The van der Waals surface area contributed by atoms with E-state index in [-0.39, 0.29) is 0 Å². The fourth-order valence-electron chi connectivity index (χ4n) is 6.88. The summed E-state index contributed by atoms with van der Waals surface area (Å²) in [5.41, 5.74) is 15.7. The van der Waals surface area contributed by atoms with Crippen LogP contribution in [0.15, 0.2) is 212 Å². The number of aromatic nitrogens is 3. The first-order valence-electron chi connectivity index (χ1n) is 18.2. The highest BCUT2D eigenvalue weighted by atomic mass is 14.9. The molecule has 0 fully saturated rings. The van der Waals surface area contributed by atoms with Crippen LogP contribution < -0.4 is 0 Å². The summed E-state index contributed by atoms with van der Waals surface area (Å²) in [6.45, 7) is 0. The van der Waals surface area contributed by atoms with Gasteiger partial charge < -0.3 is 0 Å². The van der Waals surface area contributed by atoms with Gasteiger partial charge in [0.2, 0.25) is 0 Å². The Labute approximate surface area is 316 Å². The topological polar surface area (TPSA) is 38.7 Å². The Morgan fingerprint density at radius 3 is 1.06 bits per heavy atom. The van der Waals surface area contributed by atoms with Crippen molar-refractivity contribution in [2.24, 2.45) is 0 Å². The Morgan fingerprint density at radius 1 is 0.222 bits per heavy atom. The smallest absolute Gasteiger partial charge is 0.160 e. The second-order valence-corrected chi connectivity index (χ2v) is 13.3. The van der Waals surface area contributed by atoms with E-state index in [0.717, 1.165) is 67.3 Å². The second-order valence-electron chi connectivity index (χ2n) is 13.3. The van der Waals surface area contributed by atoms with E-state index in [1.807, 2.05) is 24.3 Å². The number of hydrogen-bond acceptors (Lipinski definition) is 3. The van der Waals surface area contributed by atoms with Crippen LogP contribution in [0.5, 0.6) is 0 Å². The highest BCUT2D eigenvalue weighted by molar-refractivity contribution is 5.84. The maximum absolute atomic E-state index is 5.19. The summed E-state index contributed by atoms with van der Waals surface area (Å²) in [5, 5.41) is 0. The van der Waals surface area contributed by atoms with Crippen molar-refractivity contribution in [2.75, 3.05) is 0 Å². The van der Waals surface area contributed by atoms with E-state index in [0.29, 0.717) is 5.82 Å². The lowest BCUT2D eigenvalue weighted by molar-refractivity contribution is 1.18. The molecule has 0 spiro atoms. The second kappa shape index (κ2) is 14.8. The summed E-state index contributed by atoms with van der Waals surface area (Å²) in [6.07, 6.45) is 0. The quantitative estimate of drug-likeness (QED) is 0.159. The molecule has 0 unspecified atom stereocenters. The molecular weight excluding hydrogens is 655 g/mol. The molecule has 3 heteroatoms. The monoisotopic (exact) mass is 689 g/mol. The maximum atomic E-state index is 5.19. The fourth-order valence-corrected chi connectivity index (χ4v) is 6.88. The largest absolute Gasteiger partial charge is 0.247 e. The maximum Gasteiger partial charge on any atom is 0.160 e. The number of hydrogen-bond donors (Lipinski definition) is 0. The minimum absolute atomic E-state index is 0.686. The molecule has 9 aromatic rings. The Kier molecular flexibility index (Phi) is 8.94. The number of nitrogens with zero attached hydrogens (tertiary/aromatic N) is 3. The summed E-state index contributed by atoms with van der Waals surface area (Å²) < 4.78 is 0. The van der Waals surface area contributed by atoms with Gasteiger partial charge >= 0.3 is 0 Å². The molecule has 0 amide bonds. The molecule has 0 bridgehead atoms. The van der Waals surface area contributed by atoms with Gasteiger partial charge in [-0.2, -0.15) is 0 Å². The van der Waals surface area contributed by atoms with E-state index >= 15 is 0 Å². The van der Waals surface area contributed by atoms with Gasteiger partial charge in [0.25, 0.3) is 0 Å². The van der Waals surface area contributed by atoms with Crippen LogP contribution in [0.25, 0.3) is 89.8 Å². The van der Waals surface area contributed by atoms with Gasteiger partial charge in [-0.3, -0.25) is 0 Å². The van der Waals surface area contributed by atoms with Gasteiger partial charge in [0.05, 0.1) is 22.8 Å². The number of rotatable bonds is 8. The molecule has 7 aromatic carbocycles. The Morgan fingerprint density at radius 2 is 0.574 bits per heavy atom. The van der Waals surface area contributed by atoms with Crippen LogP contribution in [0.1, 0.15) is 0 Å². The first-order valence-corrected chi connectivity index (χ1v) is 18.2. The van der Waals surface area contributed by atoms with E-state index in [2.05, 4.69) is 188 Å². The molecule has 0 radical (unpaired) electrons. The van der Waals surface area contributed by atoms with Gasteiger partial charge in [0.15, 0.2) is 5.82 Å². The normalized spacial score (nSPS) is 11.0. The van der Waals surface area contributed by atoms with Crippen molar-refractivity contribution in [1.82, 2.24) is 15.0 Å². The van der Waals surface area contributed by atoms with Gasteiger partial charge in [-0.05, 0) is 39.9 Å². The first kappa shape index (κ1) is 32.7. The zero-order valence-electron chi connectivity index (χ0n) is 29.5. The van der Waals surface area contributed by atoms with Crippen molar-refractivity contribution < 1.29 is 0 Å². The van der Waals surface area contributed by atoms with Gasteiger partial charge in [0.1, 0.15) is 0 Å². The molecule has 254 valence electrons. The first-order chi connectivity index (χ1) is 26.7. The lowest BCUT2D eigenvalue weighted by Gasteiger charge is -2.13. The fraction of sp³-hybridized carbons (Fsp3) is 0. The predicted octanol–water partition coefficient (Wildman–Crippen LogP) is 13.2. The van der Waals surface area contributed by atoms with Crippen molar-refractivity contribution in [1.29, 1.82) is 0 Å². The lowest BCUT2D eigenvalue weighted by atomic mass is 9.96. The molecule has 2 heterocycles. The Hall–Kier alpha value is -7.23. The average molecular weight is 690 g/mol. The Bertz CT molecular complexity index is 2540. The SMILES string of the molecule is c1ccc(-c2ccc(-c3cc(-c4ccc(-c5ccc(-c6ccccc6)nc5-c5ccccc5)cc4)nc(-c4ccc(-c5ccccc5)cc4)n3)cc2)cc1. The predicted molar refractivity (Wildman–Crippen MR) is 223 cm³/mol. The van der Waals surface area contributed by atoms with Crippen molar-refractivity contribution in [3.63, 3.8) is 0 Å². The highest BCUT2D eigenvalue weighted by Crippen LogP contribution is 2.35.